The fraction of sp³-hybridized carbons (Fsp3) is 0.548. The molecule has 2 aromatic rings. The van der Waals surface area contributed by atoms with Crippen molar-refractivity contribution in [2.75, 3.05) is 24.6 Å². The number of nitrogens with zero attached hydrogens (tertiary/aromatic N) is 2. The van der Waals surface area contributed by atoms with E-state index in [1.807, 2.05) is 0 Å². The van der Waals surface area contributed by atoms with Crippen molar-refractivity contribution >= 4 is 43.2 Å². The molecule has 0 radical (unpaired) electrons. The van der Waals surface area contributed by atoms with Crippen LogP contribution in [0.4, 0.5) is 13.2 Å². The van der Waals surface area contributed by atoms with E-state index < -0.39 is 108 Å². The minimum atomic E-state index is -4.05. The van der Waals surface area contributed by atoms with E-state index in [0.29, 0.717) is 31.7 Å². The van der Waals surface area contributed by atoms with Gasteiger partial charge in [0.25, 0.3) is 11.8 Å². The Hall–Kier alpha value is -2.54. The molecular weight excluding hydrogens is 694 g/mol. The van der Waals surface area contributed by atoms with E-state index in [1.165, 1.54) is 16.4 Å². The van der Waals surface area contributed by atoms with Crippen molar-refractivity contribution in [2.24, 2.45) is 5.92 Å². The maximum Gasteiger partial charge on any atom is 0.261 e. The summed E-state index contributed by atoms with van der Waals surface area (Å²) in [5, 5.41) is 0. The van der Waals surface area contributed by atoms with E-state index >= 15 is 0 Å². The van der Waals surface area contributed by atoms with Crippen LogP contribution >= 0.6 is 0 Å². The maximum atomic E-state index is 14.7. The molecule has 2 amide bonds. The topological polar surface area (TPSA) is 156 Å². The molecule has 11 nitrogen and oxygen atoms in total. The van der Waals surface area contributed by atoms with Gasteiger partial charge in [0.05, 0.1) is 28.7 Å². The number of carbonyl (C=O) groups excluding carboxylic acids is 2. The standard InChI is InChI=1S/C31H39F3N4O7S3/c1-31(2,3)46(41)36-28(17-19-16-26(33)27(34)18-25(19)32)20-14-21-8-9-22(15-20)38(21)48(44,45)12-10-35-47(42,43)13-11-37-29(39)23-6-4-5-7-24(23)30(37)40/h4-7,16,18,20-22,28,35-36H,8-15,17H2,1-3H3/t20?,21?,22?,28-,46?/m1/s1. The van der Waals surface area contributed by atoms with Gasteiger partial charge in [0.15, 0.2) is 11.6 Å². The second-order valence-corrected chi connectivity index (χ2v) is 19.4. The fourth-order valence-corrected chi connectivity index (χ4v) is 10.6. The van der Waals surface area contributed by atoms with Gasteiger partial charge in [-0.15, -0.1) is 4.72 Å². The summed E-state index contributed by atoms with van der Waals surface area (Å²) < 4.78 is 114. The maximum absolute atomic E-state index is 14.7. The van der Waals surface area contributed by atoms with Gasteiger partial charge in [-0.2, -0.15) is 4.31 Å². The van der Waals surface area contributed by atoms with Crippen LogP contribution in [0.3, 0.4) is 0 Å². The lowest BCUT2D eigenvalue weighted by molar-refractivity contribution is 0.0664. The van der Waals surface area contributed by atoms with Crippen LogP contribution in [0.25, 0.3) is 0 Å². The van der Waals surface area contributed by atoms with Gasteiger partial charge in [0.1, 0.15) is 10.6 Å². The number of carbonyl (C=O) groups is 2. The predicted molar refractivity (Wildman–Crippen MR) is 174 cm³/mol. The molecule has 3 heterocycles. The molecule has 5 rings (SSSR count). The van der Waals surface area contributed by atoms with Crippen LogP contribution in [0, 0.1) is 23.4 Å². The third kappa shape index (κ3) is 7.92. The first-order chi connectivity index (χ1) is 22.4. The van der Waals surface area contributed by atoms with Crippen LogP contribution < -0.4 is 9.44 Å². The quantitative estimate of drug-likeness (QED) is 0.181. The van der Waals surface area contributed by atoms with Gasteiger partial charge in [-0.25, -0.2) is 34.7 Å². The first-order valence-corrected chi connectivity index (χ1v) is 20.0. The number of sulfonamides is 2. The largest absolute Gasteiger partial charge is 0.598 e. The molecule has 2 N–H and O–H groups in total. The highest BCUT2D eigenvalue weighted by Gasteiger charge is 2.49. The summed E-state index contributed by atoms with van der Waals surface area (Å²) in [6.45, 7) is 4.45. The lowest BCUT2D eigenvalue weighted by Crippen LogP contribution is -2.54. The van der Waals surface area contributed by atoms with Gasteiger partial charge in [0.2, 0.25) is 20.0 Å². The van der Waals surface area contributed by atoms with Crippen molar-refractivity contribution in [3.63, 3.8) is 0 Å². The van der Waals surface area contributed by atoms with Crippen LogP contribution in [0.2, 0.25) is 0 Å². The second-order valence-electron chi connectivity index (χ2n) is 13.5. The first kappa shape index (κ1) is 36.7. The number of hydrogen-bond acceptors (Lipinski definition) is 8. The fourth-order valence-electron chi connectivity index (χ4n) is 6.69. The van der Waals surface area contributed by atoms with Crippen molar-refractivity contribution in [1.82, 2.24) is 18.6 Å². The number of piperidine rings is 1. The summed E-state index contributed by atoms with van der Waals surface area (Å²) in [5.41, 5.74) is 0.298. The highest BCUT2D eigenvalue weighted by atomic mass is 32.2. The molecule has 2 bridgehead atoms. The Labute approximate surface area is 282 Å². The zero-order valence-electron chi connectivity index (χ0n) is 26.7. The molecular formula is C31H39F3N4O7S3. The monoisotopic (exact) mass is 732 g/mol. The Kier molecular flexibility index (Phi) is 10.7. The highest BCUT2D eigenvalue weighted by Crippen LogP contribution is 2.42. The number of fused-ring (bicyclic) bond motifs is 3. The zero-order valence-corrected chi connectivity index (χ0v) is 29.2. The molecule has 2 aromatic carbocycles. The summed E-state index contributed by atoms with van der Waals surface area (Å²) >= 11 is -1.59. The molecule has 0 spiro atoms. The van der Waals surface area contributed by atoms with E-state index in [9.17, 15) is 44.1 Å². The number of rotatable bonds is 13. The lowest BCUT2D eigenvalue weighted by Gasteiger charge is -2.41. The Morgan fingerprint density at radius 3 is 2.04 bits per heavy atom. The number of benzene rings is 2. The predicted octanol–water partition coefficient (Wildman–Crippen LogP) is 2.86. The highest BCUT2D eigenvalue weighted by molar-refractivity contribution is 7.91. The molecule has 264 valence electrons. The van der Waals surface area contributed by atoms with E-state index in [0.717, 1.165) is 11.0 Å². The van der Waals surface area contributed by atoms with Gasteiger partial charge in [-0.05, 0) is 82.6 Å². The lowest BCUT2D eigenvalue weighted by atomic mass is 9.83. The van der Waals surface area contributed by atoms with Crippen molar-refractivity contribution in [3.8, 4) is 0 Å². The minimum Gasteiger partial charge on any atom is -0.598 e. The molecule has 3 aliphatic heterocycles. The molecule has 3 unspecified atom stereocenters. The van der Waals surface area contributed by atoms with E-state index in [2.05, 4.69) is 9.44 Å². The van der Waals surface area contributed by atoms with Crippen LogP contribution in [0.15, 0.2) is 36.4 Å². The Morgan fingerprint density at radius 1 is 0.917 bits per heavy atom. The summed E-state index contributed by atoms with van der Waals surface area (Å²) in [4.78, 5) is 25.9. The van der Waals surface area contributed by atoms with Crippen molar-refractivity contribution in [1.29, 1.82) is 0 Å². The van der Waals surface area contributed by atoms with E-state index in [4.69, 9.17) is 0 Å². The van der Waals surface area contributed by atoms with Crippen LogP contribution in [0.1, 0.15) is 72.7 Å². The third-order valence-corrected chi connectivity index (χ3v) is 14.0. The van der Waals surface area contributed by atoms with Gasteiger partial charge >= 0.3 is 0 Å². The molecule has 4 atom stereocenters. The Bertz CT molecular complexity index is 1740. The molecule has 0 saturated carbocycles. The van der Waals surface area contributed by atoms with Gasteiger partial charge in [0, 0.05) is 42.6 Å². The summed E-state index contributed by atoms with van der Waals surface area (Å²) in [5.74, 6) is -6.04. The molecule has 3 aliphatic rings. The SMILES string of the molecule is CC(C)(C)[S+]([O-])N[C@H](Cc1cc(F)c(F)cc1F)C1CC2CCC(C1)N2S(=O)(=O)CCNS(=O)(=O)CCN1C(=O)c2ccccc2C1=O. The second kappa shape index (κ2) is 14.0. The van der Waals surface area contributed by atoms with Crippen molar-refractivity contribution in [3.05, 3.63) is 70.5 Å². The Balaban J connectivity index is 1.20. The molecule has 48 heavy (non-hydrogen) atoms. The zero-order chi connectivity index (χ0) is 35.2. The minimum absolute atomic E-state index is 0.0880. The smallest absolute Gasteiger partial charge is 0.261 e. The van der Waals surface area contributed by atoms with Gasteiger partial charge in [-0.3, -0.25) is 14.5 Å². The summed E-state index contributed by atoms with van der Waals surface area (Å²) in [6, 6.07) is 5.92. The van der Waals surface area contributed by atoms with Crippen LogP contribution in [0.5, 0.6) is 0 Å². The molecule has 17 heteroatoms. The number of nitrogens with one attached hydrogen (secondary N) is 2. The number of halogens is 3. The average molecular weight is 733 g/mol. The van der Waals surface area contributed by atoms with E-state index in [-0.39, 0.29) is 29.0 Å². The van der Waals surface area contributed by atoms with Gasteiger partial charge in [-0.1, -0.05) is 12.1 Å². The number of imide groups is 1. The molecule has 0 aliphatic carbocycles. The molecule has 2 fully saturated rings. The van der Waals surface area contributed by atoms with E-state index in [1.54, 1.807) is 32.9 Å². The number of hydrogen-bond donors (Lipinski definition) is 2. The van der Waals surface area contributed by atoms with Crippen LogP contribution in [-0.4, -0.2) is 89.9 Å². The van der Waals surface area contributed by atoms with Crippen molar-refractivity contribution in [2.45, 2.75) is 75.7 Å². The Morgan fingerprint density at radius 2 is 1.48 bits per heavy atom. The normalized spacial score (nSPS) is 23.1. The van der Waals surface area contributed by atoms with Gasteiger partial charge < -0.3 is 4.55 Å². The van der Waals surface area contributed by atoms with Crippen LogP contribution in [-0.2, 0) is 37.8 Å². The first-order valence-electron chi connectivity index (χ1n) is 15.6. The average Bonchev–Trinajstić information content (AvgIpc) is 3.42. The number of amides is 2. The third-order valence-electron chi connectivity index (χ3n) is 9.08. The summed E-state index contributed by atoms with van der Waals surface area (Å²) in [6.07, 6.45) is 1.67. The van der Waals surface area contributed by atoms with Crippen molar-refractivity contribution < 1.29 is 44.1 Å². The summed E-state index contributed by atoms with van der Waals surface area (Å²) in [7, 11) is -7.99. The molecule has 2 saturated heterocycles. The molecule has 0 aromatic heterocycles.